The molecular formula is C24H25ClN2OS. The Bertz CT molecular complexity index is 930. The van der Waals surface area contributed by atoms with Crippen molar-refractivity contribution in [2.45, 2.75) is 32.4 Å². The Kier molecular flexibility index (Phi) is 6.34. The van der Waals surface area contributed by atoms with Gasteiger partial charge in [-0.15, -0.1) is 11.3 Å². The van der Waals surface area contributed by atoms with Crippen molar-refractivity contribution in [3.63, 3.8) is 0 Å². The van der Waals surface area contributed by atoms with E-state index in [4.69, 9.17) is 11.6 Å². The molecule has 0 atom stereocenters. The second-order valence-electron chi connectivity index (χ2n) is 7.62. The lowest BCUT2D eigenvalue weighted by Crippen LogP contribution is -2.47. The van der Waals surface area contributed by atoms with Crippen LogP contribution in [-0.2, 0) is 6.54 Å². The molecule has 5 heteroatoms. The number of nitrogens with zero attached hydrogens (tertiary/aromatic N) is 2. The van der Waals surface area contributed by atoms with Crippen LogP contribution in [0.25, 0.3) is 0 Å². The van der Waals surface area contributed by atoms with E-state index < -0.39 is 0 Å². The highest BCUT2D eigenvalue weighted by molar-refractivity contribution is 7.12. The number of aryl methyl sites for hydroxylation is 1. The van der Waals surface area contributed by atoms with Gasteiger partial charge in [-0.2, -0.15) is 0 Å². The first-order valence-corrected chi connectivity index (χ1v) is 11.3. The van der Waals surface area contributed by atoms with Gasteiger partial charge >= 0.3 is 0 Å². The molecule has 1 amide bonds. The van der Waals surface area contributed by atoms with Gasteiger partial charge in [-0.1, -0.05) is 47.5 Å². The topological polar surface area (TPSA) is 23.6 Å². The van der Waals surface area contributed by atoms with Gasteiger partial charge in [-0.25, -0.2) is 0 Å². The van der Waals surface area contributed by atoms with Crippen LogP contribution >= 0.6 is 22.9 Å². The Morgan fingerprint density at radius 1 is 1.07 bits per heavy atom. The van der Waals surface area contributed by atoms with Crippen LogP contribution in [0.5, 0.6) is 0 Å². The average molecular weight is 425 g/mol. The van der Waals surface area contributed by atoms with Gasteiger partial charge in [0.05, 0.1) is 4.88 Å². The first-order chi connectivity index (χ1) is 14.1. The van der Waals surface area contributed by atoms with Crippen LogP contribution in [0.3, 0.4) is 0 Å². The third kappa shape index (κ3) is 4.89. The molecule has 1 aromatic heterocycles. The molecule has 150 valence electrons. The van der Waals surface area contributed by atoms with Crippen molar-refractivity contribution in [2.75, 3.05) is 18.0 Å². The van der Waals surface area contributed by atoms with E-state index in [1.165, 1.54) is 22.5 Å². The van der Waals surface area contributed by atoms with Crippen molar-refractivity contribution in [3.8, 4) is 0 Å². The van der Waals surface area contributed by atoms with Crippen LogP contribution in [0.2, 0.25) is 5.02 Å². The number of anilines is 1. The van der Waals surface area contributed by atoms with Crippen LogP contribution in [0.15, 0.2) is 66.0 Å². The highest BCUT2D eigenvalue weighted by atomic mass is 35.5. The van der Waals surface area contributed by atoms with Gasteiger partial charge < -0.3 is 4.90 Å². The van der Waals surface area contributed by atoms with E-state index >= 15 is 0 Å². The second-order valence-corrected chi connectivity index (χ2v) is 9.01. The summed E-state index contributed by atoms with van der Waals surface area (Å²) in [5.41, 5.74) is 3.47. The Balaban J connectivity index is 1.48. The fourth-order valence-electron chi connectivity index (χ4n) is 3.90. The standard InChI is InChI=1S/C24H25ClN2OS/c1-18-4-10-21(11-5-18)27(24(28)23-3-2-16-29-23)22-12-14-26(15-13-22)17-19-6-8-20(25)9-7-19/h2-11,16,22H,12-15,17H2,1H3. The van der Waals surface area contributed by atoms with Gasteiger partial charge in [-0.3, -0.25) is 9.69 Å². The van der Waals surface area contributed by atoms with Crippen molar-refractivity contribution in [1.29, 1.82) is 0 Å². The molecule has 29 heavy (non-hydrogen) atoms. The molecular weight excluding hydrogens is 400 g/mol. The second kappa shape index (κ2) is 9.12. The Morgan fingerprint density at radius 2 is 1.76 bits per heavy atom. The van der Waals surface area contributed by atoms with E-state index in [9.17, 15) is 4.79 Å². The predicted octanol–water partition coefficient (Wildman–Crippen LogP) is 6.02. The van der Waals surface area contributed by atoms with E-state index in [1.807, 2.05) is 34.5 Å². The molecule has 0 unspecified atom stereocenters. The summed E-state index contributed by atoms with van der Waals surface area (Å²) in [6, 6.07) is 20.5. The maximum Gasteiger partial charge on any atom is 0.268 e. The van der Waals surface area contributed by atoms with Gasteiger partial charge in [0.1, 0.15) is 0 Å². The molecule has 4 rings (SSSR count). The first-order valence-electron chi connectivity index (χ1n) is 10.0. The quantitative estimate of drug-likeness (QED) is 0.499. The minimum atomic E-state index is 0.111. The summed E-state index contributed by atoms with van der Waals surface area (Å²) < 4.78 is 0. The molecule has 1 aliphatic rings. The molecule has 1 saturated heterocycles. The summed E-state index contributed by atoms with van der Waals surface area (Å²) in [6.45, 7) is 4.96. The minimum Gasteiger partial charge on any atom is -0.305 e. The molecule has 0 spiro atoms. The van der Waals surface area contributed by atoms with Gasteiger partial charge in [0.2, 0.25) is 0 Å². The van der Waals surface area contributed by atoms with E-state index in [-0.39, 0.29) is 11.9 Å². The third-order valence-corrected chi connectivity index (χ3v) is 6.61. The monoisotopic (exact) mass is 424 g/mol. The van der Waals surface area contributed by atoms with E-state index in [1.54, 1.807) is 0 Å². The van der Waals surface area contributed by atoms with E-state index in [0.29, 0.717) is 0 Å². The number of likely N-dealkylation sites (tertiary alicyclic amines) is 1. The van der Waals surface area contributed by atoms with Crippen LogP contribution in [0, 0.1) is 6.92 Å². The van der Waals surface area contributed by atoms with Crippen molar-refractivity contribution in [1.82, 2.24) is 4.90 Å². The molecule has 0 N–H and O–H groups in total. The van der Waals surface area contributed by atoms with Crippen LogP contribution in [0.4, 0.5) is 5.69 Å². The zero-order valence-electron chi connectivity index (χ0n) is 16.6. The number of benzene rings is 2. The van der Waals surface area contributed by atoms with Crippen molar-refractivity contribution in [2.24, 2.45) is 0 Å². The maximum atomic E-state index is 13.3. The number of rotatable bonds is 5. The van der Waals surface area contributed by atoms with Crippen LogP contribution in [-0.4, -0.2) is 29.9 Å². The van der Waals surface area contributed by atoms with Crippen LogP contribution in [0.1, 0.15) is 33.6 Å². The van der Waals surface area contributed by atoms with Crippen molar-refractivity contribution >= 4 is 34.5 Å². The Hall–Kier alpha value is -2.14. The Labute approximate surface area is 181 Å². The molecule has 1 fully saturated rings. The zero-order chi connectivity index (χ0) is 20.2. The first kappa shape index (κ1) is 20.1. The van der Waals surface area contributed by atoms with Crippen LogP contribution < -0.4 is 4.90 Å². The molecule has 3 aromatic rings. The van der Waals surface area contributed by atoms with Crippen molar-refractivity contribution in [3.05, 3.63) is 87.1 Å². The SMILES string of the molecule is Cc1ccc(N(C(=O)c2cccs2)C2CCN(Cc3ccc(Cl)cc3)CC2)cc1. The molecule has 0 bridgehead atoms. The lowest BCUT2D eigenvalue weighted by Gasteiger charge is -2.38. The third-order valence-electron chi connectivity index (χ3n) is 5.50. The Morgan fingerprint density at radius 3 is 2.38 bits per heavy atom. The highest BCUT2D eigenvalue weighted by Crippen LogP contribution is 2.28. The summed E-state index contributed by atoms with van der Waals surface area (Å²) in [6.07, 6.45) is 1.94. The number of halogens is 1. The number of carbonyl (C=O) groups excluding carboxylic acids is 1. The highest BCUT2D eigenvalue weighted by Gasteiger charge is 2.30. The molecule has 1 aliphatic heterocycles. The number of hydrogen-bond donors (Lipinski definition) is 0. The fourth-order valence-corrected chi connectivity index (χ4v) is 4.69. The summed E-state index contributed by atoms with van der Waals surface area (Å²) in [4.78, 5) is 18.6. The number of carbonyl (C=O) groups is 1. The van der Waals surface area contributed by atoms with E-state index in [0.717, 1.165) is 48.1 Å². The lowest BCUT2D eigenvalue weighted by molar-refractivity contribution is 0.0962. The number of hydrogen-bond acceptors (Lipinski definition) is 3. The summed E-state index contributed by atoms with van der Waals surface area (Å²) in [5, 5.41) is 2.74. The molecule has 3 nitrogen and oxygen atoms in total. The maximum absolute atomic E-state index is 13.3. The zero-order valence-corrected chi connectivity index (χ0v) is 18.1. The van der Waals surface area contributed by atoms with Gasteiger partial charge in [0.15, 0.2) is 0 Å². The fraction of sp³-hybridized carbons (Fsp3) is 0.292. The number of thiophene rings is 1. The molecule has 0 saturated carbocycles. The normalized spacial score (nSPS) is 15.4. The summed E-state index contributed by atoms with van der Waals surface area (Å²) >= 11 is 7.51. The van der Waals surface area contributed by atoms with Gasteiger partial charge in [0.25, 0.3) is 5.91 Å². The lowest BCUT2D eigenvalue weighted by atomic mass is 10.0. The van der Waals surface area contributed by atoms with Gasteiger partial charge in [-0.05, 0) is 61.0 Å². The molecule has 0 aliphatic carbocycles. The smallest absolute Gasteiger partial charge is 0.268 e. The molecule has 2 aromatic carbocycles. The van der Waals surface area contributed by atoms with Crippen molar-refractivity contribution < 1.29 is 4.79 Å². The van der Waals surface area contributed by atoms with E-state index in [2.05, 4.69) is 48.2 Å². The number of amides is 1. The predicted molar refractivity (Wildman–Crippen MR) is 122 cm³/mol. The number of piperidine rings is 1. The largest absolute Gasteiger partial charge is 0.305 e. The minimum absolute atomic E-state index is 0.111. The summed E-state index contributed by atoms with van der Waals surface area (Å²) in [5.74, 6) is 0.111. The van der Waals surface area contributed by atoms with Gasteiger partial charge in [0, 0.05) is 36.4 Å². The summed E-state index contributed by atoms with van der Waals surface area (Å²) in [7, 11) is 0. The average Bonchev–Trinajstić information content (AvgIpc) is 3.27. The molecule has 2 heterocycles. The molecule has 0 radical (unpaired) electrons.